The number of hydrogen-bond donors (Lipinski definition) is 1. The molecule has 0 saturated carbocycles. The minimum absolute atomic E-state index is 0.0201. The molecular formula is C25H28N4O2S. The second-order valence-corrected chi connectivity index (χ2v) is 8.71. The van der Waals surface area contributed by atoms with Crippen LogP contribution in [-0.2, 0) is 4.74 Å². The molecule has 3 aromatic rings. The van der Waals surface area contributed by atoms with Gasteiger partial charge in [-0.3, -0.25) is 4.98 Å². The Labute approximate surface area is 194 Å². The molecule has 1 aromatic carbocycles. The van der Waals surface area contributed by atoms with Gasteiger partial charge in [-0.2, -0.15) is 0 Å². The first-order valence-corrected chi connectivity index (χ1v) is 11.1. The number of methoxy groups -OCH3 is 1. The van der Waals surface area contributed by atoms with Gasteiger partial charge in [0.25, 0.3) is 0 Å². The molecule has 32 heavy (non-hydrogen) atoms. The summed E-state index contributed by atoms with van der Waals surface area (Å²) in [5.41, 5.74) is 5.95. The number of aromatic nitrogens is 2. The molecule has 2 atom stereocenters. The number of nitrogens with zero attached hydrogens (tertiary/aromatic N) is 3. The maximum Gasteiger partial charge on any atom is 0.337 e. The fourth-order valence-corrected chi connectivity index (χ4v) is 5.05. The van der Waals surface area contributed by atoms with Gasteiger partial charge in [0.05, 0.1) is 30.5 Å². The summed E-state index contributed by atoms with van der Waals surface area (Å²) >= 11 is 5.73. The van der Waals surface area contributed by atoms with Crippen LogP contribution >= 0.6 is 12.2 Å². The normalized spacial score (nSPS) is 18.2. The lowest BCUT2D eigenvalue weighted by atomic mass is 9.96. The highest BCUT2D eigenvalue weighted by molar-refractivity contribution is 7.80. The number of rotatable bonds is 5. The van der Waals surface area contributed by atoms with E-state index in [-0.39, 0.29) is 24.1 Å². The fourth-order valence-electron chi connectivity index (χ4n) is 4.60. The molecule has 0 amide bonds. The quantitative estimate of drug-likeness (QED) is 0.453. The number of aryl methyl sites for hydroxylation is 1. The van der Waals surface area contributed by atoms with Crippen molar-refractivity contribution in [1.29, 1.82) is 0 Å². The molecule has 0 aliphatic carbocycles. The number of thiocarbonyl (C=S) groups is 1. The summed E-state index contributed by atoms with van der Waals surface area (Å²) in [4.78, 5) is 18.7. The lowest BCUT2D eigenvalue weighted by molar-refractivity contribution is 0.0600. The van der Waals surface area contributed by atoms with Crippen molar-refractivity contribution in [2.75, 3.05) is 7.11 Å². The van der Waals surface area contributed by atoms with Crippen LogP contribution in [0.25, 0.3) is 5.69 Å². The molecule has 1 N–H and O–H groups in total. The predicted molar refractivity (Wildman–Crippen MR) is 129 cm³/mol. The Balaban J connectivity index is 1.79. The summed E-state index contributed by atoms with van der Waals surface area (Å²) in [6.45, 7) is 8.55. The zero-order valence-corrected chi connectivity index (χ0v) is 19.8. The lowest BCUT2D eigenvalue weighted by Crippen LogP contribution is -2.35. The number of carbonyl (C=O) groups excluding carboxylic acids is 1. The molecule has 1 saturated heterocycles. The van der Waals surface area contributed by atoms with Crippen LogP contribution in [0.5, 0.6) is 0 Å². The Morgan fingerprint density at radius 3 is 2.47 bits per heavy atom. The standard InChI is InChI=1S/C25H28N4O2S/c1-15(2)28-23(22(27-25(28)32)21-8-6-7-13-26-21)20-14-16(3)29(17(20)4)19-11-9-18(10-12-19)24(30)31-5/h6-15,22-23H,1-5H3,(H,27,32)/t22-,23+/m0/s1. The molecule has 166 valence electrons. The second-order valence-electron chi connectivity index (χ2n) is 8.33. The minimum atomic E-state index is -0.338. The third kappa shape index (κ3) is 3.77. The Bertz CT molecular complexity index is 1140. The van der Waals surface area contributed by atoms with E-state index in [0.717, 1.165) is 27.9 Å². The number of esters is 1. The number of pyridine rings is 1. The summed E-state index contributed by atoms with van der Waals surface area (Å²) < 4.78 is 7.04. The second kappa shape index (κ2) is 8.74. The van der Waals surface area contributed by atoms with Gasteiger partial charge in [0.15, 0.2) is 5.11 Å². The van der Waals surface area contributed by atoms with Crippen LogP contribution in [-0.4, -0.2) is 38.7 Å². The molecule has 2 aromatic heterocycles. The topological polar surface area (TPSA) is 59.4 Å². The van der Waals surface area contributed by atoms with Crippen molar-refractivity contribution < 1.29 is 9.53 Å². The summed E-state index contributed by atoms with van der Waals surface area (Å²) in [5.74, 6) is -0.338. The molecule has 1 aliphatic heterocycles. The van der Waals surface area contributed by atoms with Crippen molar-refractivity contribution >= 4 is 23.3 Å². The van der Waals surface area contributed by atoms with Gasteiger partial charge in [0.1, 0.15) is 0 Å². The van der Waals surface area contributed by atoms with E-state index in [2.05, 4.69) is 53.5 Å². The number of hydrogen-bond acceptors (Lipinski definition) is 4. The molecule has 1 fully saturated rings. The smallest absolute Gasteiger partial charge is 0.337 e. The molecule has 0 spiro atoms. The van der Waals surface area contributed by atoms with E-state index < -0.39 is 0 Å². The number of nitrogens with one attached hydrogen (secondary N) is 1. The van der Waals surface area contributed by atoms with Crippen LogP contribution in [0.4, 0.5) is 0 Å². The van der Waals surface area contributed by atoms with Gasteiger partial charge in [-0.05, 0) is 87.9 Å². The van der Waals surface area contributed by atoms with Crippen LogP contribution in [0.15, 0.2) is 54.7 Å². The molecule has 0 unspecified atom stereocenters. The molecular weight excluding hydrogens is 420 g/mol. The fraction of sp³-hybridized carbons (Fsp3) is 0.320. The highest BCUT2D eigenvalue weighted by atomic mass is 32.1. The molecule has 0 bridgehead atoms. The van der Waals surface area contributed by atoms with Gasteiger partial charge in [0.2, 0.25) is 0 Å². The van der Waals surface area contributed by atoms with Gasteiger partial charge in [-0.25, -0.2) is 4.79 Å². The summed E-state index contributed by atoms with van der Waals surface area (Å²) in [6.07, 6.45) is 1.82. The molecule has 3 heterocycles. The van der Waals surface area contributed by atoms with Gasteiger partial charge in [-0.15, -0.1) is 0 Å². The van der Waals surface area contributed by atoms with Gasteiger partial charge in [0, 0.05) is 29.3 Å². The van der Waals surface area contributed by atoms with E-state index in [1.165, 1.54) is 12.7 Å². The Morgan fingerprint density at radius 2 is 1.88 bits per heavy atom. The molecule has 1 aliphatic rings. The minimum Gasteiger partial charge on any atom is -0.465 e. The highest BCUT2D eigenvalue weighted by Gasteiger charge is 2.42. The zero-order valence-electron chi connectivity index (χ0n) is 19.0. The van der Waals surface area contributed by atoms with Crippen molar-refractivity contribution in [2.24, 2.45) is 0 Å². The van der Waals surface area contributed by atoms with E-state index in [1.54, 1.807) is 12.1 Å². The van der Waals surface area contributed by atoms with Crippen molar-refractivity contribution in [2.45, 2.75) is 45.8 Å². The third-order valence-corrected chi connectivity index (χ3v) is 6.36. The zero-order chi connectivity index (χ0) is 23.0. The van der Waals surface area contributed by atoms with Crippen LogP contribution in [0, 0.1) is 13.8 Å². The monoisotopic (exact) mass is 448 g/mol. The van der Waals surface area contributed by atoms with Crippen molar-refractivity contribution in [3.63, 3.8) is 0 Å². The first-order valence-electron chi connectivity index (χ1n) is 10.7. The largest absolute Gasteiger partial charge is 0.465 e. The molecule has 6 nitrogen and oxygen atoms in total. The Hall–Kier alpha value is -3.19. The average molecular weight is 449 g/mol. The molecule has 0 radical (unpaired) electrons. The average Bonchev–Trinajstić information content (AvgIpc) is 3.29. The van der Waals surface area contributed by atoms with E-state index in [0.29, 0.717) is 5.56 Å². The van der Waals surface area contributed by atoms with Crippen LogP contribution in [0.3, 0.4) is 0 Å². The van der Waals surface area contributed by atoms with Crippen LogP contribution < -0.4 is 5.32 Å². The SMILES string of the molecule is COC(=O)c1ccc(-n2c(C)cc([C@@H]3[C@H](c4ccccn4)NC(=S)N3C(C)C)c2C)cc1. The number of carbonyl (C=O) groups is 1. The van der Waals surface area contributed by atoms with Crippen molar-refractivity contribution in [3.05, 3.63) is 82.9 Å². The van der Waals surface area contributed by atoms with Crippen LogP contribution in [0.1, 0.15) is 58.9 Å². The first kappa shape index (κ1) is 22.0. The van der Waals surface area contributed by atoms with E-state index in [1.807, 2.05) is 36.5 Å². The summed E-state index contributed by atoms with van der Waals surface area (Å²) in [5, 5.41) is 4.25. The highest BCUT2D eigenvalue weighted by Crippen LogP contribution is 2.42. The predicted octanol–water partition coefficient (Wildman–Crippen LogP) is 4.66. The molecule has 4 rings (SSSR count). The maximum atomic E-state index is 11.8. The Morgan fingerprint density at radius 1 is 1.16 bits per heavy atom. The summed E-state index contributed by atoms with van der Waals surface area (Å²) in [7, 11) is 1.39. The molecule has 7 heteroatoms. The maximum absolute atomic E-state index is 11.8. The first-order chi connectivity index (χ1) is 15.3. The van der Waals surface area contributed by atoms with Gasteiger partial charge < -0.3 is 19.5 Å². The van der Waals surface area contributed by atoms with E-state index >= 15 is 0 Å². The van der Waals surface area contributed by atoms with E-state index in [4.69, 9.17) is 17.0 Å². The number of benzene rings is 1. The summed E-state index contributed by atoms with van der Waals surface area (Å²) in [6, 6.07) is 15.9. The van der Waals surface area contributed by atoms with E-state index in [9.17, 15) is 4.79 Å². The number of ether oxygens (including phenoxy) is 1. The van der Waals surface area contributed by atoms with Gasteiger partial charge in [-0.1, -0.05) is 6.07 Å². The third-order valence-electron chi connectivity index (χ3n) is 6.03. The van der Waals surface area contributed by atoms with Crippen molar-refractivity contribution in [1.82, 2.24) is 19.8 Å². The van der Waals surface area contributed by atoms with Gasteiger partial charge >= 0.3 is 5.97 Å². The lowest BCUT2D eigenvalue weighted by Gasteiger charge is -2.31. The van der Waals surface area contributed by atoms with Crippen molar-refractivity contribution in [3.8, 4) is 5.69 Å². The van der Waals surface area contributed by atoms with Crippen LogP contribution in [0.2, 0.25) is 0 Å². The Kier molecular flexibility index (Phi) is 6.02.